The van der Waals surface area contributed by atoms with Gasteiger partial charge in [-0.05, 0) is 83.0 Å². The lowest BCUT2D eigenvalue weighted by molar-refractivity contribution is -0.632. The van der Waals surface area contributed by atoms with Gasteiger partial charge in [0.2, 0.25) is 11.2 Å². The Morgan fingerprint density at radius 3 is 2.00 bits per heavy atom. The summed E-state index contributed by atoms with van der Waals surface area (Å²) in [6.07, 6.45) is -0.353. The molecule has 1 heterocycles. The highest BCUT2D eigenvalue weighted by atomic mass is 127. The molecule has 8 heteroatoms. The number of aryl methyl sites for hydroxylation is 1. The topological polar surface area (TPSA) is 88.7 Å². The van der Waals surface area contributed by atoms with E-state index in [9.17, 15) is 14.7 Å². The smallest absolute Gasteiger partial charge is 0.412 e. The summed E-state index contributed by atoms with van der Waals surface area (Å²) in [4.78, 5) is 25.0. The third-order valence-electron chi connectivity index (χ3n) is 6.15. The van der Waals surface area contributed by atoms with Crippen LogP contribution in [0.4, 0.5) is 10.5 Å². The first kappa shape index (κ1) is 31.3. The fourth-order valence-electron chi connectivity index (χ4n) is 4.63. The molecule has 7 nitrogen and oxygen atoms in total. The van der Waals surface area contributed by atoms with E-state index in [2.05, 4.69) is 9.88 Å². The monoisotopic (exact) mass is 656 g/mol. The predicted molar refractivity (Wildman–Crippen MR) is 153 cm³/mol. The molecule has 0 bridgehead atoms. The second kappa shape index (κ2) is 12.1. The van der Waals surface area contributed by atoms with Crippen LogP contribution in [-0.2, 0) is 34.3 Å². The number of halogens is 1. The summed E-state index contributed by atoms with van der Waals surface area (Å²) in [6, 6.07) is 19.6. The molecular weight excluding hydrogens is 619 g/mol. The van der Waals surface area contributed by atoms with Crippen molar-refractivity contribution in [2.75, 3.05) is 5.32 Å². The molecule has 0 saturated heterocycles. The van der Waals surface area contributed by atoms with Gasteiger partial charge in [-0.25, -0.2) is 4.79 Å². The Morgan fingerprint density at radius 1 is 0.800 bits per heavy atom. The third kappa shape index (κ3) is 7.48. The summed E-state index contributed by atoms with van der Waals surface area (Å²) in [6.45, 7) is 11.0. The lowest BCUT2D eigenvalue weighted by Crippen LogP contribution is -3.00. The number of anilines is 1. The van der Waals surface area contributed by atoms with E-state index in [0.717, 1.165) is 44.1 Å². The number of aromatic nitrogens is 1. The molecule has 2 N–H and O–H groups in total. The molecule has 212 valence electrons. The molecule has 0 aliphatic carbocycles. The van der Waals surface area contributed by atoms with Gasteiger partial charge in [0, 0.05) is 17.0 Å². The van der Waals surface area contributed by atoms with Crippen LogP contribution in [0.3, 0.4) is 0 Å². The van der Waals surface area contributed by atoms with Crippen LogP contribution in [0.25, 0.3) is 32.9 Å². The quantitative estimate of drug-likeness (QED) is 0.149. The largest absolute Gasteiger partial charge is 1.00 e. The molecule has 3 aromatic carbocycles. The number of esters is 1. The number of aliphatic hydroxyl groups is 1. The lowest BCUT2D eigenvalue weighted by Gasteiger charge is -2.20. The molecule has 0 spiro atoms. The number of nitrogens with zero attached hydrogens (tertiary/aromatic N) is 1. The SMILES string of the molecule is C[n+]1c(-c2ccc(CO)cc2)c2cc(CC(=O)OC(C)(C)C)ccc2c2ccc(NC(=O)OC(C)(C)C)cc21.[I-]. The van der Waals surface area contributed by atoms with Crippen molar-refractivity contribution in [3.05, 3.63) is 71.8 Å². The predicted octanol–water partition coefficient (Wildman–Crippen LogP) is 3.21. The molecule has 0 saturated carbocycles. The van der Waals surface area contributed by atoms with Crippen LogP contribution in [0.2, 0.25) is 0 Å². The molecule has 4 aromatic rings. The van der Waals surface area contributed by atoms with Crippen LogP contribution in [0.5, 0.6) is 0 Å². The molecule has 0 aliphatic rings. The van der Waals surface area contributed by atoms with E-state index in [0.29, 0.717) is 5.69 Å². The highest BCUT2D eigenvalue weighted by Crippen LogP contribution is 2.33. The van der Waals surface area contributed by atoms with Crippen LogP contribution in [0, 0.1) is 0 Å². The Kier molecular flexibility index (Phi) is 9.46. The van der Waals surface area contributed by atoms with Gasteiger partial charge in [0.05, 0.1) is 29.5 Å². The van der Waals surface area contributed by atoms with Gasteiger partial charge in [-0.2, -0.15) is 4.57 Å². The zero-order valence-corrected chi connectivity index (χ0v) is 26.3. The van der Waals surface area contributed by atoms with E-state index in [4.69, 9.17) is 9.47 Å². The summed E-state index contributed by atoms with van der Waals surface area (Å²) in [7, 11) is 1.98. The number of carbonyl (C=O) groups excluding carboxylic acids is 2. The number of amides is 1. The summed E-state index contributed by atoms with van der Waals surface area (Å²) < 4.78 is 13.1. The van der Waals surface area contributed by atoms with Crippen molar-refractivity contribution < 1.29 is 52.7 Å². The Balaban J connectivity index is 0.00000441. The van der Waals surface area contributed by atoms with Crippen LogP contribution in [-0.4, -0.2) is 28.4 Å². The molecular formula is C32H37IN2O5. The fourth-order valence-corrected chi connectivity index (χ4v) is 4.63. The first-order valence-electron chi connectivity index (χ1n) is 13.0. The van der Waals surface area contributed by atoms with Crippen LogP contribution in [0.1, 0.15) is 52.7 Å². The van der Waals surface area contributed by atoms with E-state index in [1.807, 2.05) is 109 Å². The first-order valence-corrected chi connectivity index (χ1v) is 13.0. The van der Waals surface area contributed by atoms with Gasteiger partial charge in [0.1, 0.15) is 18.2 Å². The zero-order chi connectivity index (χ0) is 28.5. The van der Waals surface area contributed by atoms with Crippen molar-refractivity contribution in [1.82, 2.24) is 0 Å². The van der Waals surface area contributed by atoms with E-state index < -0.39 is 17.3 Å². The number of hydrogen-bond acceptors (Lipinski definition) is 5. The molecule has 4 rings (SSSR count). The number of hydrogen-bond donors (Lipinski definition) is 2. The molecule has 1 aromatic heterocycles. The summed E-state index contributed by atoms with van der Waals surface area (Å²) in [5, 5.41) is 15.4. The highest BCUT2D eigenvalue weighted by molar-refractivity contribution is 6.10. The van der Waals surface area contributed by atoms with Crippen molar-refractivity contribution in [3.63, 3.8) is 0 Å². The van der Waals surface area contributed by atoms with Crippen molar-refractivity contribution in [2.45, 2.75) is 65.8 Å². The maximum atomic E-state index is 12.6. The van der Waals surface area contributed by atoms with Crippen LogP contribution < -0.4 is 33.9 Å². The van der Waals surface area contributed by atoms with Gasteiger partial charge >= 0.3 is 12.1 Å². The molecule has 40 heavy (non-hydrogen) atoms. The Morgan fingerprint density at radius 2 is 1.40 bits per heavy atom. The van der Waals surface area contributed by atoms with Crippen molar-refractivity contribution in [3.8, 4) is 11.3 Å². The fraction of sp³-hybridized carbons (Fsp3) is 0.344. The van der Waals surface area contributed by atoms with E-state index in [1.54, 1.807) is 0 Å². The average Bonchev–Trinajstić information content (AvgIpc) is 2.82. The molecule has 0 radical (unpaired) electrons. The number of fused-ring (bicyclic) bond motifs is 3. The van der Waals surface area contributed by atoms with E-state index in [-0.39, 0.29) is 43.0 Å². The van der Waals surface area contributed by atoms with Crippen molar-refractivity contribution in [2.24, 2.45) is 7.05 Å². The van der Waals surface area contributed by atoms with Crippen LogP contribution in [0.15, 0.2) is 60.7 Å². The minimum Gasteiger partial charge on any atom is -1.00 e. The number of aliphatic hydroxyl groups excluding tert-OH is 1. The first-order chi connectivity index (χ1) is 18.2. The Hall–Kier alpha value is -3.24. The number of nitrogens with one attached hydrogen (secondary N) is 1. The second-order valence-corrected chi connectivity index (χ2v) is 11.8. The van der Waals surface area contributed by atoms with Gasteiger partial charge in [-0.1, -0.05) is 24.3 Å². The summed E-state index contributed by atoms with van der Waals surface area (Å²) in [5.74, 6) is -0.279. The van der Waals surface area contributed by atoms with E-state index in [1.165, 1.54) is 0 Å². The summed E-state index contributed by atoms with van der Waals surface area (Å²) >= 11 is 0. The minimum atomic E-state index is -0.604. The maximum absolute atomic E-state index is 12.6. The zero-order valence-electron chi connectivity index (χ0n) is 24.1. The number of pyridine rings is 1. The third-order valence-corrected chi connectivity index (χ3v) is 6.15. The van der Waals surface area contributed by atoms with Crippen LogP contribution >= 0.6 is 0 Å². The number of ether oxygens (including phenoxy) is 2. The minimum absolute atomic E-state index is 0. The maximum Gasteiger partial charge on any atom is 0.412 e. The van der Waals surface area contributed by atoms with Gasteiger partial charge < -0.3 is 38.6 Å². The molecule has 0 atom stereocenters. The number of carbonyl (C=O) groups is 2. The standard InChI is InChI=1S/C32H36N2O5.HI/c1-31(2,3)38-28(36)17-21-10-14-24-25-15-13-23(33-30(37)39-32(4,5)6)18-27(25)34(7)29(26(24)16-21)22-11-8-20(19-35)9-12-22;/h8-16,18,35H,17,19H2,1-7H3;1H. The molecule has 0 unspecified atom stereocenters. The van der Waals surface area contributed by atoms with Gasteiger partial charge in [0.25, 0.3) is 0 Å². The van der Waals surface area contributed by atoms with Gasteiger partial charge in [-0.3, -0.25) is 10.1 Å². The number of rotatable bonds is 5. The number of benzene rings is 3. The highest BCUT2D eigenvalue weighted by Gasteiger charge is 2.24. The average molecular weight is 657 g/mol. The molecule has 0 aliphatic heterocycles. The van der Waals surface area contributed by atoms with Gasteiger partial charge in [-0.15, -0.1) is 0 Å². The molecule has 1 amide bonds. The second-order valence-electron chi connectivity index (χ2n) is 11.8. The molecule has 0 fully saturated rings. The summed E-state index contributed by atoms with van der Waals surface area (Å²) in [5.41, 5.74) is 3.96. The van der Waals surface area contributed by atoms with E-state index >= 15 is 0 Å². The normalized spacial score (nSPS) is 11.7. The lowest BCUT2D eigenvalue weighted by atomic mass is 9.96. The van der Waals surface area contributed by atoms with Gasteiger partial charge in [0.15, 0.2) is 0 Å². The Labute approximate surface area is 252 Å². The van der Waals surface area contributed by atoms with Crippen molar-refractivity contribution >= 4 is 39.4 Å². The Bertz CT molecular complexity index is 1550. The van der Waals surface area contributed by atoms with Crippen molar-refractivity contribution in [1.29, 1.82) is 0 Å².